The first-order valence-electron chi connectivity index (χ1n) is 10.0. The number of ether oxygens (including phenoxy) is 1. The van der Waals surface area contributed by atoms with Crippen molar-refractivity contribution in [2.45, 2.75) is 38.2 Å². The molecule has 3 atom stereocenters. The molecular weight excluding hydrogens is 355 g/mol. The molecule has 0 bridgehead atoms. The van der Waals surface area contributed by atoms with Gasteiger partial charge in [0.25, 0.3) is 0 Å². The molecule has 1 aliphatic carbocycles. The van der Waals surface area contributed by atoms with Crippen molar-refractivity contribution in [2.75, 3.05) is 13.3 Å². The van der Waals surface area contributed by atoms with Crippen molar-refractivity contribution in [1.29, 1.82) is 0 Å². The van der Waals surface area contributed by atoms with Crippen molar-refractivity contribution in [1.82, 2.24) is 9.97 Å². The molecule has 2 aromatic heterocycles. The van der Waals surface area contributed by atoms with E-state index in [-0.39, 0.29) is 24.5 Å². The van der Waals surface area contributed by atoms with Crippen molar-refractivity contribution in [3.05, 3.63) is 60.2 Å². The van der Waals surface area contributed by atoms with Crippen molar-refractivity contribution in [2.24, 2.45) is 22.0 Å². The molecule has 5 nitrogen and oxygen atoms in total. The van der Waals surface area contributed by atoms with Gasteiger partial charge in [0.05, 0.1) is 35.5 Å². The second-order valence-electron chi connectivity index (χ2n) is 7.30. The zero-order valence-corrected chi connectivity index (χ0v) is 15.9. The topological polar surface area (TPSA) is 59.7 Å². The highest BCUT2D eigenvalue weighted by Crippen LogP contribution is 2.36. The Labute approximate surface area is 164 Å². The highest BCUT2D eigenvalue weighted by atomic mass is 19.1. The maximum absolute atomic E-state index is 12.5. The Morgan fingerprint density at radius 2 is 1.46 bits per heavy atom. The zero-order valence-electron chi connectivity index (χ0n) is 15.9. The molecule has 3 heterocycles. The Hall–Kier alpha value is -2.47. The summed E-state index contributed by atoms with van der Waals surface area (Å²) in [7, 11) is 0. The molecule has 1 saturated carbocycles. The minimum absolute atomic E-state index is 0.110. The number of pyridine rings is 2. The molecule has 1 aliphatic heterocycles. The van der Waals surface area contributed by atoms with Crippen molar-refractivity contribution >= 4 is 11.4 Å². The van der Waals surface area contributed by atoms with Gasteiger partial charge in [0.1, 0.15) is 6.67 Å². The molecule has 0 N–H and O–H groups in total. The summed E-state index contributed by atoms with van der Waals surface area (Å²) in [4.78, 5) is 9.04. The van der Waals surface area contributed by atoms with E-state index in [0.717, 1.165) is 54.9 Å². The third-order valence-corrected chi connectivity index (χ3v) is 5.58. The first-order chi connectivity index (χ1) is 13.9. The van der Waals surface area contributed by atoms with Crippen LogP contribution in [0.1, 0.15) is 43.5 Å². The van der Waals surface area contributed by atoms with Gasteiger partial charge in [-0.3, -0.25) is 9.97 Å². The summed E-state index contributed by atoms with van der Waals surface area (Å²) in [6, 6.07) is 11.8. The molecule has 0 aromatic carbocycles. The average molecular weight is 380 g/mol. The quantitative estimate of drug-likeness (QED) is 0.780. The summed E-state index contributed by atoms with van der Waals surface area (Å²) >= 11 is 0. The normalized spacial score (nSPS) is 25.1. The highest BCUT2D eigenvalue weighted by molar-refractivity contribution is 6.10. The molecule has 2 unspecified atom stereocenters. The van der Waals surface area contributed by atoms with E-state index < -0.39 is 6.67 Å². The largest absolute Gasteiger partial charge is 0.376 e. The lowest BCUT2D eigenvalue weighted by molar-refractivity contribution is 0.0245. The third kappa shape index (κ3) is 4.17. The lowest BCUT2D eigenvalue weighted by Crippen LogP contribution is -2.37. The van der Waals surface area contributed by atoms with Gasteiger partial charge >= 0.3 is 0 Å². The maximum atomic E-state index is 12.5. The summed E-state index contributed by atoms with van der Waals surface area (Å²) < 4.78 is 18.3. The molecule has 0 saturated heterocycles. The van der Waals surface area contributed by atoms with Crippen LogP contribution in [-0.2, 0) is 4.74 Å². The monoisotopic (exact) mass is 380 g/mol. The molecule has 6 heteroatoms. The highest BCUT2D eigenvalue weighted by Gasteiger charge is 2.37. The van der Waals surface area contributed by atoms with Crippen LogP contribution in [0.3, 0.4) is 0 Å². The van der Waals surface area contributed by atoms with Gasteiger partial charge in [-0.1, -0.05) is 18.6 Å². The summed E-state index contributed by atoms with van der Waals surface area (Å²) in [6.45, 7) is -0.250. The van der Waals surface area contributed by atoms with Crippen LogP contribution in [0.4, 0.5) is 4.39 Å². The number of hydrogen-bond donors (Lipinski definition) is 0. The zero-order chi connectivity index (χ0) is 19.2. The fourth-order valence-corrected chi connectivity index (χ4v) is 4.28. The van der Waals surface area contributed by atoms with Crippen LogP contribution in [0.5, 0.6) is 0 Å². The van der Waals surface area contributed by atoms with Crippen molar-refractivity contribution in [3.8, 4) is 0 Å². The van der Waals surface area contributed by atoms with Gasteiger partial charge in [-0.25, -0.2) is 4.39 Å². The number of alkyl halides is 1. The second kappa shape index (κ2) is 9.15. The summed E-state index contributed by atoms with van der Waals surface area (Å²) in [5.41, 5.74) is 3.68. The van der Waals surface area contributed by atoms with Crippen LogP contribution in [0.25, 0.3) is 0 Å². The molecule has 2 aromatic rings. The van der Waals surface area contributed by atoms with Crippen LogP contribution >= 0.6 is 0 Å². The van der Waals surface area contributed by atoms with Gasteiger partial charge in [0, 0.05) is 24.2 Å². The Bertz CT molecular complexity index is 825. The van der Waals surface area contributed by atoms with E-state index in [4.69, 9.17) is 4.74 Å². The number of nitrogens with zero attached hydrogens (tertiary/aromatic N) is 4. The van der Waals surface area contributed by atoms with Crippen LogP contribution in [0.15, 0.2) is 59.0 Å². The number of rotatable bonds is 5. The molecule has 4 rings (SSSR count). The Morgan fingerprint density at radius 3 is 2.04 bits per heavy atom. The molecule has 0 spiro atoms. The average Bonchev–Trinajstić information content (AvgIpc) is 2.74. The lowest BCUT2D eigenvalue weighted by atomic mass is 9.74. The van der Waals surface area contributed by atoms with Gasteiger partial charge in [-0.2, -0.15) is 10.2 Å². The first-order valence-corrected chi connectivity index (χ1v) is 10.0. The summed E-state index contributed by atoms with van der Waals surface area (Å²) in [5.74, 6) is 0.465. The minimum Gasteiger partial charge on any atom is -0.376 e. The SMILES string of the molecule is FCCO[C@@H]1CCCC2C(c3ccccn3)=NN=C(c3ccccn3)C2CC1. The van der Waals surface area contributed by atoms with E-state index in [1.165, 1.54) is 0 Å². The Balaban J connectivity index is 1.66. The molecule has 146 valence electrons. The lowest BCUT2D eigenvalue weighted by Gasteiger charge is -2.34. The van der Waals surface area contributed by atoms with Crippen LogP contribution in [0, 0.1) is 11.8 Å². The van der Waals surface area contributed by atoms with Gasteiger partial charge in [0.2, 0.25) is 0 Å². The predicted molar refractivity (Wildman–Crippen MR) is 107 cm³/mol. The van der Waals surface area contributed by atoms with Gasteiger partial charge in [-0.15, -0.1) is 0 Å². The number of fused-ring (bicyclic) bond motifs is 1. The fraction of sp³-hybridized carbons (Fsp3) is 0.455. The summed E-state index contributed by atoms with van der Waals surface area (Å²) in [6.07, 6.45) is 8.47. The number of halogens is 1. The van der Waals surface area contributed by atoms with E-state index in [2.05, 4.69) is 20.2 Å². The first kappa shape index (κ1) is 18.9. The van der Waals surface area contributed by atoms with Gasteiger partial charge < -0.3 is 4.74 Å². The van der Waals surface area contributed by atoms with Crippen LogP contribution in [-0.4, -0.2) is 40.8 Å². The molecule has 0 radical (unpaired) electrons. The third-order valence-electron chi connectivity index (χ3n) is 5.58. The summed E-state index contributed by atoms with van der Waals surface area (Å²) in [5, 5.41) is 9.21. The number of hydrogen-bond acceptors (Lipinski definition) is 5. The fourth-order valence-electron chi connectivity index (χ4n) is 4.28. The number of aromatic nitrogens is 2. The minimum atomic E-state index is -0.431. The smallest absolute Gasteiger partial charge is 0.113 e. The Kier molecular flexibility index (Phi) is 6.17. The standard InChI is InChI=1S/C22H25FN4O/c23-12-15-28-16-6-5-7-17-18(11-10-16)22(20-9-2-4-14-25-20)27-26-21(17)19-8-1-3-13-24-19/h1-4,8-9,13-14,16-18H,5-7,10-12,15H2/t16-,17?,18?/m1/s1. The van der Waals surface area contributed by atoms with Crippen LogP contribution in [0.2, 0.25) is 0 Å². The molecule has 0 amide bonds. The molecular formula is C22H25FN4O. The molecule has 28 heavy (non-hydrogen) atoms. The molecule has 2 aliphatic rings. The Morgan fingerprint density at radius 1 is 0.821 bits per heavy atom. The van der Waals surface area contributed by atoms with Gasteiger partial charge in [-0.05, 0) is 49.9 Å². The molecule has 1 fully saturated rings. The van der Waals surface area contributed by atoms with E-state index >= 15 is 0 Å². The van der Waals surface area contributed by atoms with E-state index in [0.29, 0.717) is 0 Å². The van der Waals surface area contributed by atoms with E-state index in [1.807, 2.05) is 36.4 Å². The predicted octanol–water partition coefficient (Wildman–Crippen LogP) is 4.23. The van der Waals surface area contributed by atoms with Crippen LogP contribution < -0.4 is 0 Å². The van der Waals surface area contributed by atoms with E-state index in [1.54, 1.807) is 12.4 Å². The van der Waals surface area contributed by atoms with Crippen molar-refractivity contribution in [3.63, 3.8) is 0 Å². The van der Waals surface area contributed by atoms with Crippen molar-refractivity contribution < 1.29 is 9.13 Å². The van der Waals surface area contributed by atoms with Gasteiger partial charge in [0.15, 0.2) is 0 Å². The maximum Gasteiger partial charge on any atom is 0.113 e. The second-order valence-corrected chi connectivity index (χ2v) is 7.30. The van der Waals surface area contributed by atoms with E-state index in [9.17, 15) is 4.39 Å².